The number of carboxylic acids is 1. The molecule has 0 amide bonds. The van der Waals surface area contributed by atoms with E-state index in [1.807, 2.05) is 13.8 Å². The molecule has 3 heterocycles. The van der Waals surface area contributed by atoms with Crippen molar-refractivity contribution >= 4 is 5.97 Å². The van der Waals surface area contributed by atoms with Gasteiger partial charge in [-0.1, -0.05) is 13.8 Å². The van der Waals surface area contributed by atoms with E-state index in [0.717, 1.165) is 0 Å². The molecular weight excluding hydrogens is 421 g/mol. The van der Waals surface area contributed by atoms with Crippen molar-refractivity contribution in [3.63, 3.8) is 0 Å². The second kappa shape index (κ2) is 8.22. The fourth-order valence-corrected chi connectivity index (χ4v) is 4.58. The zero-order chi connectivity index (χ0) is 23.2. The van der Waals surface area contributed by atoms with E-state index in [4.69, 9.17) is 18.9 Å². The van der Waals surface area contributed by atoms with Gasteiger partial charge in [0.2, 0.25) is 5.43 Å². The van der Waals surface area contributed by atoms with Crippen molar-refractivity contribution in [3.8, 4) is 22.8 Å². The Bertz CT molecular complexity index is 1120. The molecule has 2 aromatic rings. The van der Waals surface area contributed by atoms with E-state index in [1.54, 1.807) is 23.8 Å². The smallest absolute Gasteiger partial charge is 0.341 e. The number of aromatic nitrogens is 1. The summed E-state index contributed by atoms with van der Waals surface area (Å²) in [5.41, 5.74) is -1.08. The number of halogens is 1. The Morgan fingerprint density at radius 2 is 2.03 bits per heavy atom. The lowest BCUT2D eigenvalue weighted by Crippen LogP contribution is -2.34. The van der Waals surface area contributed by atoms with Gasteiger partial charge in [0.05, 0.1) is 32.1 Å². The average molecular weight is 447 g/mol. The summed E-state index contributed by atoms with van der Waals surface area (Å²) in [4.78, 5) is 24.1. The first-order chi connectivity index (χ1) is 15.2. The van der Waals surface area contributed by atoms with Crippen molar-refractivity contribution in [1.29, 1.82) is 0 Å². The molecule has 172 valence electrons. The van der Waals surface area contributed by atoms with Gasteiger partial charge in [0, 0.05) is 37.3 Å². The maximum atomic E-state index is 15.4. The van der Waals surface area contributed by atoms with Crippen LogP contribution in [0.4, 0.5) is 4.39 Å². The molecule has 0 saturated carbocycles. The first-order valence-electron chi connectivity index (χ1n) is 10.3. The van der Waals surface area contributed by atoms with Gasteiger partial charge in [-0.25, -0.2) is 9.18 Å². The van der Waals surface area contributed by atoms with Gasteiger partial charge in [-0.3, -0.25) is 4.79 Å². The number of aromatic carboxylic acids is 1. The monoisotopic (exact) mass is 447 g/mol. The molecule has 1 N–H and O–H groups in total. The summed E-state index contributed by atoms with van der Waals surface area (Å²) in [5.74, 6) is -1.73. The van der Waals surface area contributed by atoms with Crippen molar-refractivity contribution in [3.05, 3.63) is 45.5 Å². The molecule has 1 aromatic carbocycles. The van der Waals surface area contributed by atoms with E-state index in [0.29, 0.717) is 48.9 Å². The summed E-state index contributed by atoms with van der Waals surface area (Å²) in [5, 5.41) is 9.44. The van der Waals surface area contributed by atoms with Crippen LogP contribution in [0.1, 0.15) is 48.3 Å². The van der Waals surface area contributed by atoms with Gasteiger partial charge >= 0.3 is 5.97 Å². The molecule has 2 aliphatic heterocycles. The SMILES string of the molecule is COCCCOc1cc2c(cc1OC)-c1c(F)c(=O)c(C(=O)O)cn1C1[C@@H]2OCC1(C)C. The molecule has 0 spiro atoms. The molecule has 32 heavy (non-hydrogen) atoms. The summed E-state index contributed by atoms with van der Waals surface area (Å²) >= 11 is 0. The van der Waals surface area contributed by atoms with Crippen LogP contribution in [0.15, 0.2) is 23.1 Å². The number of carboxylic acid groups (broad SMARTS) is 1. The Morgan fingerprint density at radius 1 is 1.28 bits per heavy atom. The number of ether oxygens (including phenoxy) is 4. The highest BCUT2D eigenvalue weighted by Crippen LogP contribution is 2.56. The number of rotatable bonds is 7. The molecule has 1 saturated heterocycles. The van der Waals surface area contributed by atoms with Gasteiger partial charge < -0.3 is 28.6 Å². The van der Waals surface area contributed by atoms with Gasteiger partial charge in [-0.2, -0.15) is 0 Å². The van der Waals surface area contributed by atoms with E-state index < -0.39 is 40.3 Å². The standard InChI is InChI=1S/C23H26FNO7/c1-23(2)11-32-20-13-9-16(31-7-5-6-29-3)15(30-4)8-12(13)18-17(24)19(26)14(22(27)28)10-25(18)21(20)23/h8-10,20-21H,5-7,11H2,1-4H3,(H,27,28)/t20-,21?/m1/s1. The lowest BCUT2D eigenvalue weighted by Gasteiger charge is -2.38. The minimum Gasteiger partial charge on any atom is -0.493 e. The van der Waals surface area contributed by atoms with Crippen molar-refractivity contribution in [1.82, 2.24) is 4.57 Å². The molecule has 0 aliphatic carbocycles. The number of hydrogen-bond donors (Lipinski definition) is 1. The first kappa shape index (κ1) is 22.3. The van der Waals surface area contributed by atoms with Crippen LogP contribution in [0.5, 0.6) is 11.5 Å². The Labute approximate surface area is 184 Å². The van der Waals surface area contributed by atoms with Crippen molar-refractivity contribution in [2.75, 3.05) is 34.0 Å². The third kappa shape index (κ3) is 3.45. The van der Waals surface area contributed by atoms with Crippen LogP contribution < -0.4 is 14.9 Å². The van der Waals surface area contributed by atoms with E-state index in [9.17, 15) is 14.7 Å². The van der Waals surface area contributed by atoms with Crippen LogP contribution in [0.3, 0.4) is 0 Å². The third-order valence-corrected chi connectivity index (χ3v) is 6.08. The average Bonchev–Trinajstić information content (AvgIpc) is 3.08. The van der Waals surface area contributed by atoms with E-state index in [2.05, 4.69) is 0 Å². The maximum Gasteiger partial charge on any atom is 0.341 e. The Hall–Kier alpha value is -2.91. The molecule has 0 radical (unpaired) electrons. The highest BCUT2D eigenvalue weighted by atomic mass is 19.1. The summed E-state index contributed by atoms with van der Waals surface area (Å²) in [6.07, 6.45) is 1.43. The summed E-state index contributed by atoms with van der Waals surface area (Å²) in [6, 6.07) is 2.96. The quantitative estimate of drug-likeness (QED) is 0.650. The van der Waals surface area contributed by atoms with Crippen LogP contribution in [0.25, 0.3) is 11.3 Å². The Morgan fingerprint density at radius 3 is 2.69 bits per heavy atom. The minimum absolute atomic E-state index is 0.0269. The Balaban J connectivity index is 1.94. The molecule has 1 unspecified atom stereocenters. The van der Waals surface area contributed by atoms with Gasteiger partial charge in [0.15, 0.2) is 17.3 Å². The fraction of sp³-hybridized carbons (Fsp3) is 0.478. The third-order valence-electron chi connectivity index (χ3n) is 6.08. The van der Waals surface area contributed by atoms with Gasteiger partial charge in [-0.15, -0.1) is 0 Å². The van der Waals surface area contributed by atoms with Crippen molar-refractivity contribution in [2.24, 2.45) is 5.41 Å². The lowest BCUT2D eigenvalue weighted by molar-refractivity contribution is 0.0690. The fourth-order valence-electron chi connectivity index (χ4n) is 4.58. The van der Waals surface area contributed by atoms with Crippen molar-refractivity contribution in [2.45, 2.75) is 32.4 Å². The highest BCUT2D eigenvalue weighted by Gasteiger charge is 2.50. The van der Waals surface area contributed by atoms with Crippen LogP contribution in [0.2, 0.25) is 0 Å². The molecule has 0 bridgehead atoms. The van der Waals surface area contributed by atoms with Gasteiger partial charge in [0.25, 0.3) is 0 Å². The highest BCUT2D eigenvalue weighted by molar-refractivity contribution is 5.88. The largest absolute Gasteiger partial charge is 0.493 e. The predicted octanol–water partition coefficient (Wildman–Crippen LogP) is 3.43. The van der Waals surface area contributed by atoms with Gasteiger partial charge in [0.1, 0.15) is 11.7 Å². The number of carbonyl (C=O) groups is 1. The second-order valence-electron chi connectivity index (χ2n) is 8.70. The Kier molecular flexibility index (Phi) is 5.72. The summed E-state index contributed by atoms with van der Waals surface area (Å²) in [7, 11) is 3.09. The summed E-state index contributed by atoms with van der Waals surface area (Å²) < 4.78 is 39.4. The normalized spacial score (nSPS) is 20.3. The van der Waals surface area contributed by atoms with E-state index >= 15 is 4.39 Å². The number of benzene rings is 1. The molecule has 2 aliphatic rings. The number of methoxy groups -OCH3 is 2. The zero-order valence-corrected chi connectivity index (χ0v) is 18.4. The van der Waals surface area contributed by atoms with Crippen molar-refractivity contribution < 1.29 is 33.2 Å². The first-order valence-corrected chi connectivity index (χ1v) is 10.3. The molecule has 8 nitrogen and oxygen atoms in total. The topological polar surface area (TPSA) is 96.2 Å². The maximum absolute atomic E-state index is 15.4. The van der Waals surface area contributed by atoms with Crippen LogP contribution in [0, 0.1) is 11.2 Å². The molecule has 2 atom stereocenters. The number of pyridine rings is 1. The van der Waals surface area contributed by atoms with E-state index in [-0.39, 0.29) is 5.69 Å². The van der Waals surface area contributed by atoms with Crippen LogP contribution in [-0.2, 0) is 9.47 Å². The minimum atomic E-state index is -1.47. The predicted molar refractivity (Wildman–Crippen MR) is 113 cm³/mol. The number of fused-ring (bicyclic) bond motifs is 6. The number of nitrogens with zero attached hydrogens (tertiary/aromatic N) is 1. The number of hydrogen-bond acceptors (Lipinski definition) is 6. The van der Waals surface area contributed by atoms with Gasteiger partial charge in [-0.05, 0) is 17.7 Å². The lowest BCUT2D eigenvalue weighted by atomic mass is 9.78. The molecule has 9 heteroatoms. The van der Waals surface area contributed by atoms with E-state index in [1.165, 1.54) is 13.3 Å². The molecule has 1 aromatic heterocycles. The second-order valence-corrected chi connectivity index (χ2v) is 8.70. The zero-order valence-electron chi connectivity index (χ0n) is 18.4. The molecule has 1 fully saturated rings. The van der Waals surface area contributed by atoms with Crippen LogP contribution in [-0.4, -0.2) is 49.7 Å². The molecular formula is C23H26FNO7. The summed E-state index contributed by atoms with van der Waals surface area (Å²) in [6.45, 7) is 5.26. The molecule has 4 rings (SSSR count). The van der Waals surface area contributed by atoms with Crippen LogP contribution >= 0.6 is 0 Å².